The highest BCUT2D eigenvalue weighted by molar-refractivity contribution is 5.87. The molecule has 0 amide bonds. The minimum Gasteiger partial charge on any atom is -0.461 e. The Balaban J connectivity index is 0. The quantitative estimate of drug-likeness (QED) is 0.406. The van der Waals surface area contributed by atoms with E-state index < -0.39 is 0 Å². The molecule has 20 heavy (non-hydrogen) atoms. The van der Waals surface area contributed by atoms with Crippen molar-refractivity contribution < 1.29 is 19.1 Å². The van der Waals surface area contributed by atoms with Gasteiger partial charge in [-0.2, -0.15) is 0 Å². The van der Waals surface area contributed by atoms with Crippen molar-refractivity contribution in [1.29, 1.82) is 0 Å². The summed E-state index contributed by atoms with van der Waals surface area (Å²) in [6.45, 7) is 14.9. The first-order valence-corrected chi connectivity index (χ1v) is 6.13. The molecule has 5 nitrogen and oxygen atoms in total. The predicted molar refractivity (Wildman–Crippen MR) is 80.3 cm³/mol. The molecule has 0 spiro atoms. The second-order valence-electron chi connectivity index (χ2n) is 4.39. The van der Waals surface area contributed by atoms with E-state index in [1.54, 1.807) is 13.8 Å². The summed E-state index contributed by atoms with van der Waals surface area (Å²) in [7, 11) is 3.85. The van der Waals surface area contributed by atoms with Crippen LogP contribution in [0, 0.1) is 0 Å². The SMILES string of the molecule is C=C(C)C(=O)OCCN(C)C.C=CCOC(=O)C(=C)C. The van der Waals surface area contributed by atoms with Crippen LogP contribution in [0.15, 0.2) is 37.0 Å². The largest absolute Gasteiger partial charge is 0.461 e. The first kappa shape index (κ1) is 20.4. The molecule has 0 unspecified atom stereocenters. The summed E-state index contributed by atoms with van der Waals surface area (Å²) in [4.78, 5) is 23.3. The normalized spacial score (nSPS) is 9.05. The molecule has 0 bridgehead atoms. The third-order valence-electron chi connectivity index (χ3n) is 1.80. The number of likely N-dealkylation sites (N-methyl/N-ethyl adjacent to an activating group) is 1. The summed E-state index contributed by atoms with van der Waals surface area (Å²) in [6, 6.07) is 0. The summed E-state index contributed by atoms with van der Waals surface area (Å²) >= 11 is 0. The third-order valence-corrected chi connectivity index (χ3v) is 1.80. The van der Waals surface area contributed by atoms with Gasteiger partial charge in [0, 0.05) is 17.7 Å². The first-order chi connectivity index (χ1) is 9.22. The van der Waals surface area contributed by atoms with Gasteiger partial charge >= 0.3 is 11.9 Å². The van der Waals surface area contributed by atoms with Gasteiger partial charge in [-0.15, -0.1) is 0 Å². The average molecular weight is 283 g/mol. The van der Waals surface area contributed by atoms with E-state index in [1.165, 1.54) is 6.08 Å². The number of nitrogens with zero attached hydrogens (tertiary/aromatic N) is 1. The maximum atomic E-state index is 10.8. The van der Waals surface area contributed by atoms with Gasteiger partial charge < -0.3 is 14.4 Å². The Labute approximate surface area is 121 Å². The number of carbonyl (C=O) groups excluding carboxylic acids is 2. The van der Waals surface area contributed by atoms with Crippen LogP contribution in [0.3, 0.4) is 0 Å². The van der Waals surface area contributed by atoms with Crippen molar-refractivity contribution in [2.75, 3.05) is 33.9 Å². The highest BCUT2D eigenvalue weighted by atomic mass is 16.5. The molecule has 0 radical (unpaired) electrons. The highest BCUT2D eigenvalue weighted by Gasteiger charge is 2.01. The summed E-state index contributed by atoms with van der Waals surface area (Å²) in [5.41, 5.74) is 0.862. The molecule has 0 aliphatic heterocycles. The number of esters is 2. The molecule has 0 heterocycles. The molecule has 5 heteroatoms. The number of carbonyl (C=O) groups is 2. The Kier molecular flexibility index (Phi) is 12.4. The van der Waals surface area contributed by atoms with E-state index in [0.29, 0.717) is 17.8 Å². The van der Waals surface area contributed by atoms with Crippen LogP contribution in [-0.2, 0) is 19.1 Å². The lowest BCUT2D eigenvalue weighted by atomic mass is 10.4. The van der Waals surface area contributed by atoms with Gasteiger partial charge in [-0.1, -0.05) is 25.8 Å². The van der Waals surface area contributed by atoms with Gasteiger partial charge in [0.15, 0.2) is 0 Å². The van der Waals surface area contributed by atoms with Gasteiger partial charge in [-0.3, -0.25) is 0 Å². The number of hydrogen-bond donors (Lipinski definition) is 0. The molecule has 114 valence electrons. The van der Waals surface area contributed by atoms with Crippen LogP contribution in [-0.4, -0.2) is 50.7 Å². The van der Waals surface area contributed by atoms with Crippen molar-refractivity contribution in [3.05, 3.63) is 37.0 Å². The molecule has 0 aromatic rings. The van der Waals surface area contributed by atoms with E-state index in [1.807, 2.05) is 19.0 Å². The number of rotatable bonds is 7. The van der Waals surface area contributed by atoms with E-state index in [0.717, 1.165) is 6.54 Å². The van der Waals surface area contributed by atoms with E-state index in [4.69, 9.17) is 4.74 Å². The average Bonchev–Trinajstić information content (AvgIpc) is 2.35. The first-order valence-electron chi connectivity index (χ1n) is 6.13. The zero-order valence-corrected chi connectivity index (χ0v) is 12.9. The molecule has 0 fully saturated rings. The molecule has 0 aliphatic carbocycles. The number of ether oxygens (including phenoxy) is 2. The van der Waals surface area contributed by atoms with Crippen LogP contribution in [0.2, 0.25) is 0 Å². The van der Waals surface area contributed by atoms with Crippen LogP contribution in [0.1, 0.15) is 13.8 Å². The fourth-order valence-electron chi connectivity index (χ4n) is 0.702. The van der Waals surface area contributed by atoms with Crippen LogP contribution < -0.4 is 0 Å². The van der Waals surface area contributed by atoms with Crippen molar-refractivity contribution >= 4 is 11.9 Å². The van der Waals surface area contributed by atoms with Crippen molar-refractivity contribution in [1.82, 2.24) is 4.90 Å². The molecule has 0 aromatic carbocycles. The minimum absolute atomic E-state index is 0.256. The lowest BCUT2D eigenvalue weighted by Crippen LogP contribution is -2.20. The van der Waals surface area contributed by atoms with Crippen molar-refractivity contribution in [3.8, 4) is 0 Å². The van der Waals surface area contributed by atoms with Gasteiger partial charge in [0.25, 0.3) is 0 Å². The third kappa shape index (κ3) is 14.2. The Bertz CT molecular complexity index is 359. The Morgan fingerprint density at radius 3 is 1.85 bits per heavy atom. The maximum absolute atomic E-state index is 10.8. The van der Waals surface area contributed by atoms with Crippen LogP contribution in [0.25, 0.3) is 0 Å². The lowest BCUT2D eigenvalue weighted by Gasteiger charge is -2.09. The fourth-order valence-corrected chi connectivity index (χ4v) is 0.702. The summed E-state index contributed by atoms with van der Waals surface area (Å²) in [5.74, 6) is -0.679. The smallest absolute Gasteiger partial charge is 0.333 e. The van der Waals surface area contributed by atoms with Crippen molar-refractivity contribution in [3.63, 3.8) is 0 Å². The van der Waals surface area contributed by atoms with Gasteiger partial charge in [0.2, 0.25) is 0 Å². The predicted octanol–water partition coefficient (Wildman–Crippen LogP) is 1.96. The van der Waals surface area contributed by atoms with Gasteiger partial charge in [-0.05, 0) is 27.9 Å². The number of hydrogen-bond acceptors (Lipinski definition) is 5. The summed E-state index contributed by atoms with van der Waals surface area (Å²) in [6.07, 6.45) is 1.51. The maximum Gasteiger partial charge on any atom is 0.333 e. The summed E-state index contributed by atoms with van der Waals surface area (Å²) in [5, 5.41) is 0. The zero-order chi connectivity index (χ0) is 16.1. The highest BCUT2D eigenvalue weighted by Crippen LogP contribution is 1.91. The van der Waals surface area contributed by atoms with Gasteiger partial charge in [0.05, 0.1) is 0 Å². The Morgan fingerprint density at radius 2 is 1.50 bits per heavy atom. The molecule has 0 aliphatic rings. The molecule has 0 saturated heterocycles. The molecule has 0 atom stereocenters. The van der Waals surface area contributed by atoms with E-state index >= 15 is 0 Å². The molecular weight excluding hydrogens is 258 g/mol. The molecule has 0 aromatic heterocycles. The van der Waals surface area contributed by atoms with Crippen LogP contribution in [0.5, 0.6) is 0 Å². The summed E-state index contributed by atoms with van der Waals surface area (Å²) < 4.78 is 9.43. The van der Waals surface area contributed by atoms with Gasteiger partial charge in [0.1, 0.15) is 13.2 Å². The second kappa shape index (κ2) is 12.2. The van der Waals surface area contributed by atoms with E-state index in [-0.39, 0.29) is 18.5 Å². The standard InChI is InChI=1S/C8H15NO2.C7H10O2/c1-7(2)8(10)11-6-5-9(3)4;1-4-5-9-7(8)6(2)3/h1,5-6H2,2-4H3;4H,1-2,5H2,3H3. The van der Waals surface area contributed by atoms with Crippen LogP contribution >= 0.6 is 0 Å². The fraction of sp³-hybridized carbons (Fsp3) is 0.467. The van der Waals surface area contributed by atoms with E-state index in [2.05, 4.69) is 24.5 Å². The van der Waals surface area contributed by atoms with Gasteiger partial charge in [-0.25, -0.2) is 9.59 Å². The molecule has 0 rings (SSSR count). The second-order valence-corrected chi connectivity index (χ2v) is 4.39. The molecular formula is C15H25NO4. The van der Waals surface area contributed by atoms with Crippen molar-refractivity contribution in [2.45, 2.75) is 13.8 Å². The van der Waals surface area contributed by atoms with Crippen molar-refractivity contribution in [2.24, 2.45) is 0 Å². The zero-order valence-electron chi connectivity index (χ0n) is 12.9. The molecule has 0 saturated carbocycles. The van der Waals surface area contributed by atoms with Crippen LogP contribution in [0.4, 0.5) is 0 Å². The lowest BCUT2D eigenvalue weighted by molar-refractivity contribution is -0.139. The Morgan fingerprint density at radius 1 is 1.05 bits per heavy atom. The minimum atomic E-state index is -0.366. The van der Waals surface area contributed by atoms with E-state index in [9.17, 15) is 9.59 Å². The Hall–Kier alpha value is -1.88. The molecule has 0 N–H and O–H groups in total. The monoisotopic (exact) mass is 283 g/mol. The topological polar surface area (TPSA) is 55.8 Å².